The predicted octanol–water partition coefficient (Wildman–Crippen LogP) is 0.895. The number of nitrogens with two attached hydrogens (primary N) is 1. The minimum atomic E-state index is -0.854. The minimum Gasteiger partial charge on any atom is -0.351 e. The van der Waals surface area contributed by atoms with Crippen molar-refractivity contribution in [2.24, 2.45) is 5.73 Å². The molecule has 1 aromatic rings. The molecule has 0 aromatic heterocycles. The summed E-state index contributed by atoms with van der Waals surface area (Å²) in [7, 11) is 0. The van der Waals surface area contributed by atoms with Crippen LogP contribution in [0.5, 0.6) is 0 Å². The lowest BCUT2D eigenvalue weighted by Crippen LogP contribution is -2.33. The summed E-state index contributed by atoms with van der Waals surface area (Å²) in [5.74, 6) is -0.527. The number of nitrogens with one attached hydrogen (secondary N) is 1. The van der Waals surface area contributed by atoms with Crippen molar-refractivity contribution < 1.29 is 9.59 Å². The highest BCUT2D eigenvalue weighted by Gasteiger charge is 1.97. The van der Waals surface area contributed by atoms with Gasteiger partial charge in [0, 0.05) is 6.08 Å². The Morgan fingerprint density at radius 1 is 1.21 bits per heavy atom. The highest BCUT2D eigenvalue weighted by Crippen LogP contribution is 2.00. The molecular formula is C10H10N2O2. The van der Waals surface area contributed by atoms with Crippen LogP contribution in [0.2, 0.25) is 0 Å². The van der Waals surface area contributed by atoms with Crippen molar-refractivity contribution in [1.82, 2.24) is 5.32 Å². The average molecular weight is 190 g/mol. The summed E-state index contributed by atoms with van der Waals surface area (Å²) in [6, 6.07) is 8.41. The summed E-state index contributed by atoms with van der Waals surface area (Å²) >= 11 is 0. The Balaban J connectivity index is 2.56. The van der Waals surface area contributed by atoms with Crippen LogP contribution < -0.4 is 11.1 Å². The van der Waals surface area contributed by atoms with Crippen LogP contribution in [0.4, 0.5) is 4.79 Å². The SMILES string of the molecule is NC(=O)NC(=O)/C=C/c1ccccc1. The molecule has 4 heteroatoms. The number of hydrogen-bond donors (Lipinski definition) is 2. The summed E-state index contributed by atoms with van der Waals surface area (Å²) in [4.78, 5) is 21.2. The molecule has 0 unspecified atom stereocenters. The number of urea groups is 1. The Morgan fingerprint density at radius 2 is 1.86 bits per heavy atom. The number of benzene rings is 1. The largest absolute Gasteiger partial charge is 0.351 e. The van der Waals surface area contributed by atoms with E-state index in [9.17, 15) is 9.59 Å². The van der Waals surface area contributed by atoms with E-state index in [2.05, 4.69) is 0 Å². The molecule has 0 spiro atoms. The maximum absolute atomic E-state index is 10.9. The molecule has 3 N–H and O–H groups in total. The number of rotatable bonds is 2. The van der Waals surface area contributed by atoms with Gasteiger partial charge in [-0.05, 0) is 11.6 Å². The van der Waals surface area contributed by atoms with Gasteiger partial charge < -0.3 is 5.73 Å². The predicted molar refractivity (Wildman–Crippen MR) is 53.2 cm³/mol. The van der Waals surface area contributed by atoms with Crippen molar-refractivity contribution in [2.75, 3.05) is 0 Å². The molecule has 0 saturated carbocycles. The molecule has 0 fully saturated rings. The molecule has 0 aliphatic rings. The zero-order valence-corrected chi connectivity index (χ0v) is 7.44. The highest BCUT2D eigenvalue weighted by molar-refractivity contribution is 6.01. The van der Waals surface area contributed by atoms with Crippen molar-refractivity contribution in [3.63, 3.8) is 0 Å². The molecule has 72 valence electrons. The standard InChI is InChI=1S/C10H10N2O2/c11-10(14)12-9(13)7-6-8-4-2-1-3-5-8/h1-7H,(H3,11,12,13,14)/b7-6+. The van der Waals surface area contributed by atoms with Crippen LogP contribution in [0.25, 0.3) is 6.08 Å². The lowest BCUT2D eigenvalue weighted by molar-refractivity contribution is -0.115. The lowest BCUT2D eigenvalue weighted by atomic mass is 10.2. The quantitative estimate of drug-likeness (QED) is 0.680. The van der Waals surface area contributed by atoms with Crippen molar-refractivity contribution in [2.45, 2.75) is 0 Å². The average Bonchev–Trinajstić information content (AvgIpc) is 2.15. The molecule has 0 heterocycles. The maximum atomic E-state index is 10.9. The first-order chi connectivity index (χ1) is 6.68. The molecular weight excluding hydrogens is 180 g/mol. The normalized spacial score (nSPS) is 10.0. The van der Waals surface area contributed by atoms with Gasteiger partial charge in [-0.2, -0.15) is 0 Å². The second-order valence-electron chi connectivity index (χ2n) is 2.60. The van der Waals surface area contributed by atoms with E-state index in [1.165, 1.54) is 6.08 Å². The lowest BCUT2D eigenvalue weighted by Gasteiger charge is -1.93. The Hall–Kier alpha value is -2.10. The molecule has 1 rings (SSSR count). The summed E-state index contributed by atoms with van der Waals surface area (Å²) in [6.45, 7) is 0. The first kappa shape index (κ1) is 9.98. The van der Waals surface area contributed by atoms with Gasteiger partial charge in [0.05, 0.1) is 0 Å². The third-order valence-corrected chi connectivity index (χ3v) is 1.47. The van der Waals surface area contributed by atoms with Crippen LogP contribution in [-0.4, -0.2) is 11.9 Å². The van der Waals surface area contributed by atoms with Gasteiger partial charge in [0.25, 0.3) is 5.91 Å². The fourth-order valence-corrected chi connectivity index (χ4v) is 0.899. The van der Waals surface area contributed by atoms with E-state index in [1.807, 2.05) is 35.6 Å². The van der Waals surface area contributed by atoms with Crippen molar-refractivity contribution >= 4 is 18.0 Å². The first-order valence-electron chi connectivity index (χ1n) is 4.02. The molecule has 0 atom stereocenters. The summed E-state index contributed by atoms with van der Waals surface area (Å²) in [6.07, 6.45) is 2.85. The molecule has 4 nitrogen and oxygen atoms in total. The molecule has 3 amide bonds. The zero-order chi connectivity index (χ0) is 10.4. The Labute approximate surface area is 81.4 Å². The summed E-state index contributed by atoms with van der Waals surface area (Å²) in [5, 5.41) is 1.93. The van der Waals surface area contributed by atoms with E-state index < -0.39 is 11.9 Å². The molecule has 14 heavy (non-hydrogen) atoms. The molecule has 0 saturated heterocycles. The number of imide groups is 1. The van der Waals surface area contributed by atoms with Crippen LogP contribution in [-0.2, 0) is 4.79 Å². The number of amides is 3. The topological polar surface area (TPSA) is 72.2 Å². The monoisotopic (exact) mass is 190 g/mol. The second-order valence-corrected chi connectivity index (χ2v) is 2.60. The summed E-state index contributed by atoms with van der Waals surface area (Å²) < 4.78 is 0. The van der Waals surface area contributed by atoms with Gasteiger partial charge in [0.1, 0.15) is 0 Å². The molecule has 0 aliphatic carbocycles. The van der Waals surface area contributed by atoms with Gasteiger partial charge >= 0.3 is 6.03 Å². The third kappa shape index (κ3) is 3.53. The third-order valence-electron chi connectivity index (χ3n) is 1.47. The van der Waals surface area contributed by atoms with E-state index in [0.717, 1.165) is 5.56 Å². The fourth-order valence-electron chi connectivity index (χ4n) is 0.899. The van der Waals surface area contributed by atoms with Gasteiger partial charge in [-0.15, -0.1) is 0 Å². The van der Waals surface area contributed by atoms with Crippen molar-refractivity contribution in [3.8, 4) is 0 Å². The Bertz CT molecular complexity index is 358. The number of carbonyl (C=O) groups is 2. The molecule has 0 aliphatic heterocycles. The number of hydrogen-bond acceptors (Lipinski definition) is 2. The zero-order valence-electron chi connectivity index (χ0n) is 7.44. The second kappa shape index (κ2) is 4.81. The summed E-state index contributed by atoms with van der Waals surface area (Å²) in [5.41, 5.74) is 5.64. The van der Waals surface area contributed by atoms with Gasteiger partial charge in [-0.3, -0.25) is 10.1 Å². The van der Waals surface area contributed by atoms with Crippen molar-refractivity contribution in [1.29, 1.82) is 0 Å². The van der Waals surface area contributed by atoms with Gasteiger partial charge in [0.2, 0.25) is 0 Å². The number of primary amides is 1. The fraction of sp³-hybridized carbons (Fsp3) is 0. The van der Waals surface area contributed by atoms with Gasteiger partial charge in [-0.1, -0.05) is 30.3 Å². The van der Waals surface area contributed by atoms with E-state index in [4.69, 9.17) is 5.73 Å². The highest BCUT2D eigenvalue weighted by atomic mass is 16.2. The number of carbonyl (C=O) groups excluding carboxylic acids is 2. The molecule has 0 radical (unpaired) electrons. The van der Waals surface area contributed by atoms with Crippen LogP contribution in [0.15, 0.2) is 36.4 Å². The first-order valence-corrected chi connectivity index (χ1v) is 4.02. The molecule has 1 aromatic carbocycles. The van der Waals surface area contributed by atoms with E-state index in [1.54, 1.807) is 6.08 Å². The van der Waals surface area contributed by atoms with E-state index >= 15 is 0 Å². The Kier molecular flexibility index (Phi) is 3.43. The Morgan fingerprint density at radius 3 is 2.43 bits per heavy atom. The van der Waals surface area contributed by atoms with E-state index in [-0.39, 0.29) is 0 Å². The molecule has 0 bridgehead atoms. The minimum absolute atomic E-state index is 0.527. The van der Waals surface area contributed by atoms with Crippen LogP contribution in [0, 0.1) is 0 Å². The van der Waals surface area contributed by atoms with E-state index in [0.29, 0.717) is 0 Å². The van der Waals surface area contributed by atoms with Crippen LogP contribution in [0.3, 0.4) is 0 Å². The van der Waals surface area contributed by atoms with Crippen LogP contribution >= 0.6 is 0 Å². The van der Waals surface area contributed by atoms with Gasteiger partial charge in [0.15, 0.2) is 0 Å². The van der Waals surface area contributed by atoms with Crippen LogP contribution in [0.1, 0.15) is 5.56 Å². The maximum Gasteiger partial charge on any atom is 0.319 e. The van der Waals surface area contributed by atoms with Crippen molar-refractivity contribution in [3.05, 3.63) is 42.0 Å². The van der Waals surface area contributed by atoms with Gasteiger partial charge in [-0.25, -0.2) is 4.79 Å². The smallest absolute Gasteiger partial charge is 0.319 e.